The van der Waals surface area contributed by atoms with Gasteiger partial charge in [-0.1, -0.05) is 32.6 Å². The van der Waals surface area contributed by atoms with Crippen LogP contribution in [0.4, 0.5) is 0 Å². The molecular weight excluding hydrogens is 185 g/mol. The van der Waals surface area contributed by atoms with Crippen molar-refractivity contribution in [3.63, 3.8) is 0 Å². The molecule has 0 radical (unpaired) electrons. The van der Waals surface area contributed by atoms with Crippen LogP contribution in [0.5, 0.6) is 0 Å². The Labute approximate surface area is 73.1 Å². The first kappa shape index (κ1) is 12.6. The first-order valence-electron chi connectivity index (χ1n) is 3.37. The Hall–Kier alpha value is 0.913. The van der Waals surface area contributed by atoms with Crippen LogP contribution in [0.1, 0.15) is 33.1 Å². The molecule has 0 amide bonds. The predicted molar refractivity (Wildman–Crippen MR) is 39.9 cm³/mol. The summed E-state index contributed by atoms with van der Waals surface area (Å²) in [5.41, 5.74) is 0. The van der Waals surface area contributed by atoms with Gasteiger partial charge in [0, 0.05) is 0 Å². The van der Waals surface area contributed by atoms with Crippen LogP contribution in [0.15, 0.2) is 0 Å². The number of hydrogen-bond donors (Lipinski definition) is 0. The van der Waals surface area contributed by atoms with E-state index >= 15 is 0 Å². The van der Waals surface area contributed by atoms with Crippen molar-refractivity contribution in [1.29, 1.82) is 0 Å². The average Bonchev–Trinajstić information content (AvgIpc) is 1.93. The topological polar surface area (TPSA) is 0 Å². The van der Waals surface area contributed by atoms with E-state index in [0.717, 1.165) is 29.7 Å². The Bertz CT molecular complexity index is 39.9. The molecule has 1 atom stereocenters. The Morgan fingerprint density at radius 3 is 2.11 bits per heavy atom. The molecule has 0 fully saturated rings. The summed E-state index contributed by atoms with van der Waals surface area (Å²) in [5, 5.41) is 0. The number of rotatable bonds is 3. The number of halogens is 1. The molecule has 52 valence electrons. The van der Waals surface area contributed by atoms with E-state index in [1.165, 1.54) is 12.8 Å². The van der Waals surface area contributed by atoms with Gasteiger partial charge in [-0.25, -0.2) is 0 Å². The molecule has 9 heavy (non-hydrogen) atoms. The maximum atomic E-state index is 4.76. The van der Waals surface area contributed by atoms with E-state index in [9.17, 15) is 0 Å². The van der Waals surface area contributed by atoms with Crippen molar-refractivity contribution in [2.45, 2.75) is 33.1 Å². The van der Waals surface area contributed by atoms with Crippen LogP contribution in [-0.2, 0) is 17.3 Å². The van der Waals surface area contributed by atoms with Crippen LogP contribution in [0, 0.1) is 12.8 Å². The van der Waals surface area contributed by atoms with Gasteiger partial charge >= 0.3 is 27.0 Å². The molecule has 0 saturated heterocycles. The van der Waals surface area contributed by atoms with Gasteiger partial charge in [0.25, 0.3) is 0 Å². The van der Waals surface area contributed by atoms with E-state index in [-0.39, 0.29) is 0 Å². The molecule has 1 unspecified atom stereocenters. The summed E-state index contributed by atoms with van der Waals surface area (Å²) in [7, 11) is 4.76. The standard InChI is InChI=1S/C7H15.ClH.Zn/c1-4-6-7(3)5-2;;/h7H,2,4-6H2,1,3H3;1H;/q-1;;+2/p-1. The second-order valence-corrected chi connectivity index (χ2v) is 2.18. The van der Waals surface area contributed by atoms with E-state index in [2.05, 4.69) is 20.8 Å². The van der Waals surface area contributed by atoms with E-state index in [4.69, 9.17) is 9.69 Å². The van der Waals surface area contributed by atoms with Crippen molar-refractivity contribution in [3.8, 4) is 0 Å². The van der Waals surface area contributed by atoms with Crippen molar-refractivity contribution in [2.75, 3.05) is 0 Å². The van der Waals surface area contributed by atoms with Crippen molar-refractivity contribution in [2.24, 2.45) is 5.92 Å². The Kier molecular flexibility index (Phi) is 16.3. The summed E-state index contributed by atoms with van der Waals surface area (Å²) >= 11 is 0.847. The van der Waals surface area contributed by atoms with Crippen LogP contribution in [-0.4, -0.2) is 0 Å². The van der Waals surface area contributed by atoms with Gasteiger partial charge in [0.05, 0.1) is 0 Å². The molecule has 0 heterocycles. The third-order valence-corrected chi connectivity index (χ3v) is 1.27. The van der Waals surface area contributed by atoms with Crippen molar-refractivity contribution < 1.29 is 17.3 Å². The van der Waals surface area contributed by atoms with Gasteiger partial charge in [-0.05, 0) is 0 Å². The summed E-state index contributed by atoms with van der Waals surface area (Å²) < 4.78 is 0. The minimum atomic E-state index is 0.838. The molecule has 0 nitrogen and oxygen atoms in total. The zero-order valence-electron chi connectivity index (χ0n) is 6.49. The molecule has 0 bridgehead atoms. The van der Waals surface area contributed by atoms with Gasteiger partial charge in [-0.2, -0.15) is 6.42 Å². The Morgan fingerprint density at radius 2 is 2.00 bits per heavy atom. The molecule has 0 rings (SSSR count). The van der Waals surface area contributed by atoms with E-state index in [1.54, 1.807) is 0 Å². The van der Waals surface area contributed by atoms with Crippen molar-refractivity contribution >= 4 is 9.69 Å². The summed E-state index contributed by atoms with van der Waals surface area (Å²) in [5.74, 6) is 0.838. The Morgan fingerprint density at radius 1 is 1.56 bits per heavy atom. The first-order valence-corrected chi connectivity index (χ1v) is 7.27. The van der Waals surface area contributed by atoms with E-state index < -0.39 is 0 Å². The zero-order chi connectivity index (χ0) is 7.70. The van der Waals surface area contributed by atoms with E-state index in [1.807, 2.05) is 0 Å². The van der Waals surface area contributed by atoms with Gasteiger partial charge in [0.15, 0.2) is 0 Å². The van der Waals surface area contributed by atoms with Crippen molar-refractivity contribution in [3.05, 3.63) is 6.92 Å². The molecule has 0 spiro atoms. The van der Waals surface area contributed by atoms with Crippen LogP contribution < -0.4 is 0 Å². The summed E-state index contributed by atoms with van der Waals surface area (Å²) in [6.07, 6.45) is 3.73. The van der Waals surface area contributed by atoms with Gasteiger partial charge in [0.1, 0.15) is 0 Å². The third-order valence-electron chi connectivity index (χ3n) is 1.27. The average molecular weight is 200 g/mol. The monoisotopic (exact) mass is 198 g/mol. The summed E-state index contributed by atoms with van der Waals surface area (Å²) in [6.45, 7) is 8.27. The zero-order valence-corrected chi connectivity index (χ0v) is 10.2. The molecule has 0 aromatic carbocycles. The van der Waals surface area contributed by atoms with Crippen molar-refractivity contribution in [1.82, 2.24) is 0 Å². The normalized spacial score (nSPS) is 11.8. The minimum absolute atomic E-state index is 0.838. The fraction of sp³-hybridized carbons (Fsp3) is 0.857. The fourth-order valence-corrected chi connectivity index (χ4v) is 0.637. The van der Waals surface area contributed by atoms with Gasteiger partial charge in [-0.3, -0.25) is 0 Å². The number of hydrogen-bond acceptors (Lipinski definition) is 0. The fourth-order valence-electron chi connectivity index (χ4n) is 0.637. The molecule has 2 heteroatoms. The molecule has 0 aliphatic rings. The molecule has 0 N–H and O–H groups in total. The molecule has 0 aromatic rings. The van der Waals surface area contributed by atoms with Gasteiger partial charge in [-0.15, -0.1) is 0 Å². The second kappa shape index (κ2) is 11.7. The second-order valence-electron chi connectivity index (χ2n) is 2.18. The maximum absolute atomic E-state index is 4.76. The summed E-state index contributed by atoms with van der Waals surface area (Å²) in [6, 6.07) is 0. The third kappa shape index (κ3) is 12.2. The molecule has 0 aliphatic heterocycles. The van der Waals surface area contributed by atoms with Crippen LogP contribution >= 0.6 is 9.69 Å². The van der Waals surface area contributed by atoms with Crippen LogP contribution in [0.2, 0.25) is 0 Å². The first-order chi connectivity index (χ1) is 4.31. The van der Waals surface area contributed by atoms with Crippen LogP contribution in [0.3, 0.4) is 0 Å². The molecule has 0 saturated carbocycles. The SMILES string of the molecule is [CH2-]CC(C)CCC.[Cl][Zn+]. The van der Waals surface area contributed by atoms with Crippen LogP contribution in [0.25, 0.3) is 0 Å². The molecule has 0 aromatic heterocycles. The van der Waals surface area contributed by atoms with Gasteiger partial charge in [0.2, 0.25) is 0 Å². The molecule has 0 aliphatic carbocycles. The predicted octanol–water partition coefficient (Wildman–Crippen LogP) is 3.33. The summed E-state index contributed by atoms with van der Waals surface area (Å²) in [4.78, 5) is 0. The Balaban J connectivity index is 0. The van der Waals surface area contributed by atoms with Gasteiger partial charge < -0.3 is 6.92 Å². The van der Waals surface area contributed by atoms with E-state index in [0.29, 0.717) is 0 Å². The quantitative estimate of drug-likeness (QED) is 0.484. The molecular formula is C7H15ClZn.